The highest BCUT2D eigenvalue weighted by Crippen LogP contribution is 2.32. The van der Waals surface area contributed by atoms with E-state index in [2.05, 4.69) is 64.0 Å². The number of hydrogen-bond donors (Lipinski definition) is 2. The Balaban J connectivity index is 1.48. The molecule has 0 spiro atoms. The summed E-state index contributed by atoms with van der Waals surface area (Å²) in [4.78, 5) is 23.1. The first-order chi connectivity index (χ1) is 16.0. The molecule has 4 heterocycles. The molecule has 0 unspecified atom stereocenters. The number of piperazine rings is 1. The predicted octanol–water partition coefficient (Wildman–Crippen LogP) is 4.88. The van der Waals surface area contributed by atoms with Crippen LogP contribution < -0.4 is 15.0 Å². The number of nitrogens with zero attached hydrogens (tertiary/aromatic N) is 5. The molecule has 1 aliphatic heterocycles. The van der Waals surface area contributed by atoms with E-state index in [0.717, 1.165) is 71.5 Å². The summed E-state index contributed by atoms with van der Waals surface area (Å²) >= 11 is 1.64. The number of nitrogens with one attached hydrogen (secondary N) is 2. The normalized spacial score (nSPS) is 14.7. The molecule has 1 aliphatic rings. The van der Waals surface area contributed by atoms with Gasteiger partial charge in [-0.15, -0.1) is 11.3 Å². The van der Waals surface area contributed by atoms with Crippen LogP contribution in [-0.2, 0) is 6.42 Å². The lowest BCUT2D eigenvalue weighted by Gasteiger charge is -2.33. The third kappa shape index (κ3) is 4.65. The number of aromatic amines is 1. The van der Waals surface area contributed by atoms with E-state index >= 15 is 0 Å². The molecule has 3 aromatic heterocycles. The molecule has 1 fully saturated rings. The average Bonchev–Trinajstić information content (AvgIpc) is 3.42. The van der Waals surface area contributed by atoms with Gasteiger partial charge in [-0.2, -0.15) is 9.97 Å². The minimum atomic E-state index is 0.330. The number of rotatable bonds is 6. The third-order valence-corrected chi connectivity index (χ3v) is 7.07. The topological polar surface area (TPSA) is 82.2 Å². The molecule has 4 aromatic rings. The minimum Gasteiger partial charge on any atom is -0.424 e. The first kappa shape index (κ1) is 21.7. The summed E-state index contributed by atoms with van der Waals surface area (Å²) in [5, 5.41) is 5.32. The van der Waals surface area contributed by atoms with Gasteiger partial charge in [0.25, 0.3) is 0 Å². The molecular formula is C24H29N7OS. The molecule has 0 saturated carbocycles. The highest BCUT2D eigenvalue weighted by atomic mass is 32.1. The van der Waals surface area contributed by atoms with Crippen LogP contribution in [0.25, 0.3) is 10.9 Å². The summed E-state index contributed by atoms with van der Waals surface area (Å²) in [5.41, 5.74) is 3.29. The van der Waals surface area contributed by atoms with Crippen LogP contribution in [0.15, 0.2) is 30.5 Å². The van der Waals surface area contributed by atoms with Crippen LogP contribution in [-0.4, -0.2) is 58.1 Å². The van der Waals surface area contributed by atoms with E-state index in [1.807, 2.05) is 24.4 Å². The van der Waals surface area contributed by atoms with Gasteiger partial charge >= 0.3 is 6.01 Å². The Kier molecular flexibility index (Phi) is 5.90. The molecule has 0 amide bonds. The Labute approximate surface area is 197 Å². The molecule has 9 heteroatoms. The molecule has 1 aromatic carbocycles. The highest BCUT2D eigenvalue weighted by Gasteiger charge is 2.19. The van der Waals surface area contributed by atoms with Crippen molar-refractivity contribution in [3.63, 3.8) is 0 Å². The summed E-state index contributed by atoms with van der Waals surface area (Å²) in [6, 6.07) is 8.46. The summed E-state index contributed by atoms with van der Waals surface area (Å²) in [6.07, 6.45) is 2.87. The molecule has 0 bridgehead atoms. The lowest BCUT2D eigenvalue weighted by molar-refractivity contribution is 0.311. The average molecular weight is 464 g/mol. The zero-order valence-electron chi connectivity index (χ0n) is 19.5. The molecule has 33 heavy (non-hydrogen) atoms. The van der Waals surface area contributed by atoms with Crippen LogP contribution in [0.1, 0.15) is 23.1 Å². The second kappa shape index (κ2) is 8.99. The Morgan fingerprint density at radius 3 is 2.70 bits per heavy atom. The lowest BCUT2D eigenvalue weighted by Crippen LogP contribution is -2.44. The first-order valence-corrected chi connectivity index (χ1v) is 12.1. The third-order valence-electron chi connectivity index (χ3n) is 6.02. The second-order valence-corrected chi connectivity index (χ2v) is 9.61. The Hall–Kier alpha value is -3.17. The van der Waals surface area contributed by atoms with Gasteiger partial charge in [0.2, 0.25) is 0 Å². The minimum absolute atomic E-state index is 0.330. The van der Waals surface area contributed by atoms with Crippen LogP contribution in [0.3, 0.4) is 0 Å². The Bertz CT molecular complexity index is 1270. The van der Waals surface area contributed by atoms with Crippen LogP contribution in [0, 0.1) is 13.8 Å². The number of anilines is 3. The maximum atomic E-state index is 6.25. The molecule has 0 aliphatic carbocycles. The fourth-order valence-corrected chi connectivity index (χ4v) is 4.79. The quantitative estimate of drug-likeness (QED) is 0.422. The number of benzene rings is 1. The molecule has 1 saturated heterocycles. The number of aryl methyl sites for hydroxylation is 3. The van der Waals surface area contributed by atoms with Crippen molar-refractivity contribution in [2.45, 2.75) is 27.2 Å². The number of fused-ring (bicyclic) bond motifs is 1. The Morgan fingerprint density at radius 1 is 1.12 bits per heavy atom. The number of hydrogen-bond acceptors (Lipinski definition) is 8. The van der Waals surface area contributed by atoms with E-state index in [1.165, 1.54) is 4.88 Å². The Morgan fingerprint density at radius 2 is 1.94 bits per heavy atom. The molecule has 172 valence electrons. The van der Waals surface area contributed by atoms with Crippen molar-refractivity contribution in [3.05, 3.63) is 46.6 Å². The SMILES string of the molecule is CCc1cnc(Nc2cc(N3CCN(C)CC3)nc(Oc3ccc4[nH]c(C)cc4c3C)n2)s1. The van der Waals surface area contributed by atoms with Gasteiger partial charge in [-0.3, -0.25) is 0 Å². The van der Waals surface area contributed by atoms with Crippen LogP contribution in [0.4, 0.5) is 16.8 Å². The molecule has 2 N–H and O–H groups in total. The molecular weight excluding hydrogens is 434 g/mol. The zero-order chi connectivity index (χ0) is 22.9. The van der Waals surface area contributed by atoms with Gasteiger partial charge in [-0.25, -0.2) is 4.98 Å². The lowest BCUT2D eigenvalue weighted by atomic mass is 10.1. The summed E-state index contributed by atoms with van der Waals surface area (Å²) in [6.45, 7) is 10.1. The van der Waals surface area contributed by atoms with Crippen LogP contribution in [0.2, 0.25) is 0 Å². The fourth-order valence-electron chi connectivity index (χ4n) is 4.04. The van der Waals surface area contributed by atoms with Crippen LogP contribution in [0.5, 0.6) is 11.8 Å². The zero-order valence-corrected chi connectivity index (χ0v) is 20.3. The van der Waals surface area contributed by atoms with Crippen molar-refractivity contribution in [1.29, 1.82) is 0 Å². The van der Waals surface area contributed by atoms with E-state index in [0.29, 0.717) is 11.8 Å². The monoisotopic (exact) mass is 463 g/mol. The smallest absolute Gasteiger partial charge is 0.325 e. The number of aromatic nitrogens is 4. The molecule has 5 rings (SSSR count). The number of thiazole rings is 1. The van der Waals surface area contributed by atoms with Gasteiger partial charge in [-0.1, -0.05) is 6.92 Å². The van der Waals surface area contributed by atoms with Crippen molar-refractivity contribution in [2.24, 2.45) is 0 Å². The van der Waals surface area contributed by atoms with Gasteiger partial charge < -0.3 is 24.8 Å². The maximum Gasteiger partial charge on any atom is 0.325 e. The van der Waals surface area contributed by atoms with E-state index in [4.69, 9.17) is 9.72 Å². The van der Waals surface area contributed by atoms with Gasteiger partial charge in [0.05, 0.1) is 0 Å². The van der Waals surface area contributed by atoms with Crippen molar-refractivity contribution in [1.82, 2.24) is 24.8 Å². The van der Waals surface area contributed by atoms with Crippen molar-refractivity contribution >= 4 is 39.0 Å². The molecule has 8 nitrogen and oxygen atoms in total. The standard InChI is InChI=1S/C24H29N7OS/c1-5-17-14-25-24(33-17)28-21-13-22(31-10-8-30(4)9-11-31)29-23(27-21)32-20-7-6-19-18(16(20)3)12-15(2)26-19/h6-7,12-14,26H,5,8-11H2,1-4H3,(H,25,27,28,29). The van der Waals surface area contributed by atoms with Crippen molar-refractivity contribution in [2.75, 3.05) is 43.4 Å². The predicted molar refractivity (Wildman–Crippen MR) is 134 cm³/mol. The first-order valence-electron chi connectivity index (χ1n) is 11.3. The van der Waals surface area contributed by atoms with Gasteiger partial charge in [0, 0.05) is 65.5 Å². The van der Waals surface area contributed by atoms with E-state index in [9.17, 15) is 0 Å². The number of ether oxygens (including phenoxy) is 1. The highest BCUT2D eigenvalue weighted by molar-refractivity contribution is 7.15. The summed E-state index contributed by atoms with van der Waals surface area (Å²) < 4.78 is 6.25. The number of likely N-dealkylation sites (N-methyl/N-ethyl adjacent to an activating group) is 1. The number of H-pyrrole nitrogens is 1. The van der Waals surface area contributed by atoms with Gasteiger partial charge in [-0.05, 0) is 45.5 Å². The fraction of sp³-hybridized carbons (Fsp3) is 0.375. The van der Waals surface area contributed by atoms with E-state index < -0.39 is 0 Å². The summed E-state index contributed by atoms with van der Waals surface area (Å²) in [5.74, 6) is 2.30. The largest absolute Gasteiger partial charge is 0.424 e. The molecule has 0 radical (unpaired) electrons. The van der Waals surface area contributed by atoms with Crippen molar-refractivity contribution in [3.8, 4) is 11.8 Å². The van der Waals surface area contributed by atoms with E-state index in [-0.39, 0.29) is 0 Å². The molecule has 0 atom stereocenters. The van der Waals surface area contributed by atoms with E-state index in [1.54, 1.807) is 11.3 Å². The van der Waals surface area contributed by atoms with Crippen LogP contribution >= 0.6 is 11.3 Å². The maximum absolute atomic E-state index is 6.25. The van der Waals surface area contributed by atoms with Gasteiger partial charge in [0.1, 0.15) is 17.4 Å². The summed E-state index contributed by atoms with van der Waals surface area (Å²) in [7, 11) is 2.15. The second-order valence-electron chi connectivity index (χ2n) is 8.50. The van der Waals surface area contributed by atoms with Gasteiger partial charge in [0.15, 0.2) is 5.13 Å². The van der Waals surface area contributed by atoms with Crippen molar-refractivity contribution < 1.29 is 4.74 Å².